The number of likely N-dealkylation sites (tertiary alicyclic amines) is 1. The molecule has 34 heavy (non-hydrogen) atoms. The number of fused-ring (bicyclic) bond motifs is 1. The number of hydrogen-bond acceptors (Lipinski definition) is 4. The SMILES string of the molecule is CC1=C(C(=O)O)C(c2ccccc2C(F)(F)F)c2c(ccn(CCCN3CCCCC3)c2=O)N1. The molecule has 2 aromatic rings. The Morgan fingerprint density at radius 2 is 1.82 bits per heavy atom. The number of nitrogens with zero attached hydrogens (tertiary/aromatic N) is 2. The van der Waals surface area contributed by atoms with Crippen molar-refractivity contribution in [2.45, 2.75) is 51.2 Å². The molecule has 2 aliphatic heterocycles. The van der Waals surface area contributed by atoms with Gasteiger partial charge in [0.2, 0.25) is 0 Å². The molecule has 2 N–H and O–H groups in total. The van der Waals surface area contributed by atoms with Crippen LogP contribution in [0.4, 0.5) is 18.9 Å². The number of carboxylic acids is 1. The van der Waals surface area contributed by atoms with Crippen LogP contribution in [0.15, 0.2) is 52.6 Å². The van der Waals surface area contributed by atoms with Crippen LogP contribution >= 0.6 is 0 Å². The van der Waals surface area contributed by atoms with Crippen LogP contribution in [0.2, 0.25) is 0 Å². The summed E-state index contributed by atoms with van der Waals surface area (Å²) in [4.78, 5) is 28.0. The van der Waals surface area contributed by atoms with Gasteiger partial charge in [0.1, 0.15) is 0 Å². The summed E-state index contributed by atoms with van der Waals surface area (Å²) in [7, 11) is 0. The minimum Gasteiger partial charge on any atom is -0.478 e. The zero-order chi connectivity index (χ0) is 24.5. The molecule has 4 rings (SSSR count). The van der Waals surface area contributed by atoms with Crippen LogP contribution < -0.4 is 10.9 Å². The van der Waals surface area contributed by atoms with Crippen molar-refractivity contribution in [2.24, 2.45) is 0 Å². The third-order valence-electron chi connectivity index (χ3n) is 6.64. The summed E-state index contributed by atoms with van der Waals surface area (Å²) in [6.07, 6.45) is 1.20. The normalized spacial score (nSPS) is 19.0. The molecule has 0 amide bonds. The number of benzene rings is 1. The molecule has 182 valence electrons. The molecule has 0 spiro atoms. The second kappa shape index (κ2) is 9.66. The van der Waals surface area contributed by atoms with Crippen molar-refractivity contribution in [3.63, 3.8) is 0 Å². The number of allylic oxidation sites excluding steroid dienone is 1. The van der Waals surface area contributed by atoms with Crippen LogP contribution in [-0.2, 0) is 17.5 Å². The van der Waals surface area contributed by atoms with Gasteiger partial charge in [0, 0.05) is 24.1 Å². The Labute approximate surface area is 195 Å². The molecule has 1 aromatic carbocycles. The van der Waals surface area contributed by atoms with Crippen LogP contribution in [0.5, 0.6) is 0 Å². The molecule has 0 saturated carbocycles. The first-order valence-electron chi connectivity index (χ1n) is 11.5. The Kier molecular flexibility index (Phi) is 6.84. The van der Waals surface area contributed by atoms with E-state index in [9.17, 15) is 27.9 Å². The summed E-state index contributed by atoms with van der Waals surface area (Å²) < 4.78 is 43.1. The van der Waals surface area contributed by atoms with Gasteiger partial charge in [-0.2, -0.15) is 13.2 Å². The molecular formula is C25H28F3N3O3. The maximum absolute atomic E-state index is 13.9. The summed E-state index contributed by atoms with van der Waals surface area (Å²) >= 11 is 0. The van der Waals surface area contributed by atoms with Crippen LogP contribution in [0.3, 0.4) is 0 Å². The Hall–Kier alpha value is -3.07. The van der Waals surface area contributed by atoms with Gasteiger partial charge in [-0.1, -0.05) is 24.6 Å². The fourth-order valence-electron chi connectivity index (χ4n) is 5.04. The van der Waals surface area contributed by atoms with Crippen molar-refractivity contribution in [1.29, 1.82) is 0 Å². The van der Waals surface area contributed by atoms with Crippen molar-refractivity contribution in [3.05, 3.63) is 74.8 Å². The van der Waals surface area contributed by atoms with E-state index >= 15 is 0 Å². The van der Waals surface area contributed by atoms with Gasteiger partial charge in [-0.25, -0.2) is 4.79 Å². The lowest BCUT2D eigenvalue weighted by atomic mass is 9.79. The highest BCUT2D eigenvalue weighted by Crippen LogP contribution is 2.44. The number of aryl methyl sites for hydroxylation is 1. The number of alkyl halides is 3. The quantitative estimate of drug-likeness (QED) is 0.636. The number of anilines is 1. The van der Waals surface area contributed by atoms with Crippen molar-refractivity contribution < 1.29 is 23.1 Å². The van der Waals surface area contributed by atoms with Crippen molar-refractivity contribution in [2.75, 3.05) is 25.0 Å². The average molecular weight is 476 g/mol. The van der Waals surface area contributed by atoms with Crippen LogP contribution in [-0.4, -0.2) is 40.2 Å². The lowest BCUT2D eigenvalue weighted by molar-refractivity contribution is -0.139. The Morgan fingerprint density at radius 1 is 1.12 bits per heavy atom. The van der Waals surface area contributed by atoms with Crippen molar-refractivity contribution in [3.8, 4) is 0 Å². The van der Waals surface area contributed by atoms with E-state index in [0.717, 1.165) is 45.0 Å². The molecule has 0 radical (unpaired) electrons. The summed E-state index contributed by atoms with van der Waals surface area (Å²) in [5.41, 5.74) is -1.34. The third kappa shape index (κ3) is 4.75. The van der Waals surface area contributed by atoms with E-state index in [1.54, 1.807) is 12.3 Å². The Bertz CT molecular complexity index is 1160. The number of hydrogen-bond donors (Lipinski definition) is 2. The predicted molar refractivity (Wildman–Crippen MR) is 123 cm³/mol. The number of piperidine rings is 1. The van der Waals surface area contributed by atoms with E-state index in [1.807, 2.05) is 0 Å². The number of pyridine rings is 1. The Balaban J connectivity index is 1.76. The van der Waals surface area contributed by atoms with Crippen LogP contribution in [0.25, 0.3) is 0 Å². The van der Waals surface area contributed by atoms with Gasteiger partial charge in [-0.3, -0.25) is 4.79 Å². The third-order valence-corrected chi connectivity index (χ3v) is 6.64. The molecule has 6 nitrogen and oxygen atoms in total. The maximum atomic E-state index is 13.9. The maximum Gasteiger partial charge on any atom is 0.416 e. The molecule has 1 saturated heterocycles. The van der Waals surface area contributed by atoms with Crippen molar-refractivity contribution in [1.82, 2.24) is 9.47 Å². The summed E-state index contributed by atoms with van der Waals surface area (Å²) in [5, 5.41) is 12.8. The van der Waals surface area contributed by atoms with E-state index in [1.165, 1.54) is 36.1 Å². The predicted octanol–water partition coefficient (Wildman–Crippen LogP) is 4.66. The first-order valence-corrected chi connectivity index (χ1v) is 11.5. The minimum absolute atomic E-state index is 0.0279. The van der Waals surface area contributed by atoms with Crippen molar-refractivity contribution >= 4 is 11.7 Å². The molecule has 2 aliphatic rings. The summed E-state index contributed by atoms with van der Waals surface area (Å²) in [5.74, 6) is -2.70. The average Bonchev–Trinajstić information content (AvgIpc) is 2.79. The van der Waals surface area contributed by atoms with Gasteiger partial charge in [-0.05, 0) is 63.5 Å². The topological polar surface area (TPSA) is 74.6 Å². The number of aliphatic carboxylic acids is 1. The molecule has 1 unspecified atom stereocenters. The molecule has 1 fully saturated rings. The molecule has 1 atom stereocenters. The van der Waals surface area contributed by atoms with Gasteiger partial charge < -0.3 is 19.9 Å². The van der Waals surface area contributed by atoms with Gasteiger partial charge in [0.05, 0.1) is 22.6 Å². The fourth-order valence-corrected chi connectivity index (χ4v) is 5.04. The van der Waals surface area contributed by atoms with E-state index in [-0.39, 0.29) is 22.4 Å². The van der Waals surface area contributed by atoms with Crippen LogP contribution in [0, 0.1) is 0 Å². The molecule has 0 bridgehead atoms. The highest BCUT2D eigenvalue weighted by molar-refractivity contribution is 5.93. The molecule has 3 heterocycles. The number of rotatable bonds is 6. The minimum atomic E-state index is -4.69. The molecular weight excluding hydrogens is 447 g/mol. The zero-order valence-corrected chi connectivity index (χ0v) is 19.0. The first-order chi connectivity index (χ1) is 16.2. The summed E-state index contributed by atoms with van der Waals surface area (Å²) in [6.45, 7) is 4.80. The molecule has 0 aliphatic carbocycles. The highest BCUT2D eigenvalue weighted by atomic mass is 19.4. The monoisotopic (exact) mass is 475 g/mol. The van der Waals surface area contributed by atoms with E-state index < -0.39 is 29.2 Å². The van der Waals surface area contributed by atoms with Gasteiger partial charge in [0.15, 0.2) is 0 Å². The van der Waals surface area contributed by atoms with Gasteiger partial charge in [0.25, 0.3) is 5.56 Å². The number of carbonyl (C=O) groups is 1. The van der Waals surface area contributed by atoms with Gasteiger partial charge in [-0.15, -0.1) is 0 Å². The van der Waals surface area contributed by atoms with E-state index in [0.29, 0.717) is 12.2 Å². The standard InChI is InChI=1S/C25H28F3N3O3/c1-16-20(24(33)34)21(17-8-3-4-9-18(17)25(26,27)28)22-19(29-16)10-15-31(23(22)32)14-7-13-30-11-5-2-6-12-30/h3-4,8-10,15,21,29H,2,5-7,11-14H2,1H3,(H,33,34). The first kappa shape index (κ1) is 24.1. The number of halogens is 3. The Morgan fingerprint density at radius 3 is 2.50 bits per heavy atom. The van der Waals surface area contributed by atoms with E-state index in [2.05, 4.69) is 10.2 Å². The molecule has 1 aromatic heterocycles. The zero-order valence-electron chi connectivity index (χ0n) is 19.0. The van der Waals surface area contributed by atoms with Gasteiger partial charge >= 0.3 is 12.1 Å². The largest absolute Gasteiger partial charge is 0.478 e. The second-order valence-corrected chi connectivity index (χ2v) is 8.88. The smallest absolute Gasteiger partial charge is 0.416 e. The number of aromatic nitrogens is 1. The van der Waals surface area contributed by atoms with Crippen LogP contribution in [0.1, 0.15) is 55.2 Å². The lowest BCUT2D eigenvalue weighted by Gasteiger charge is -2.31. The fraction of sp³-hybridized carbons (Fsp3) is 0.440. The number of carboxylic acid groups (broad SMARTS) is 1. The molecule has 9 heteroatoms. The number of nitrogens with one attached hydrogen (secondary N) is 1. The summed E-state index contributed by atoms with van der Waals surface area (Å²) in [6, 6.07) is 6.51. The second-order valence-electron chi connectivity index (χ2n) is 8.88. The lowest BCUT2D eigenvalue weighted by Crippen LogP contribution is -2.34. The van der Waals surface area contributed by atoms with E-state index in [4.69, 9.17) is 0 Å². The highest BCUT2D eigenvalue weighted by Gasteiger charge is 2.41.